The van der Waals surface area contributed by atoms with Crippen molar-refractivity contribution in [1.29, 1.82) is 0 Å². The van der Waals surface area contributed by atoms with E-state index in [2.05, 4.69) is 10.3 Å². The van der Waals surface area contributed by atoms with Crippen LogP contribution in [0.5, 0.6) is 0 Å². The van der Waals surface area contributed by atoms with E-state index in [1.165, 1.54) is 0 Å². The second-order valence-corrected chi connectivity index (χ2v) is 3.16. The van der Waals surface area contributed by atoms with Crippen molar-refractivity contribution in [2.75, 3.05) is 0 Å². The Morgan fingerprint density at radius 3 is 2.62 bits per heavy atom. The number of rotatable bonds is 3. The van der Waals surface area contributed by atoms with Crippen LogP contribution >= 0.6 is 0 Å². The van der Waals surface area contributed by atoms with Gasteiger partial charge >= 0.3 is 0 Å². The maximum atomic E-state index is 11.0. The lowest BCUT2D eigenvalue weighted by molar-refractivity contribution is 0.0994. The normalized spacial score (nSPS) is 10.8. The minimum absolute atomic E-state index is 0.206. The predicted octanol–water partition coefficient (Wildman–Crippen LogP) is 0.520. The van der Waals surface area contributed by atoms with Crippen molar-refractivity contribution in [3.63, 3.8) is 0 Å². The van der Waals surface area contributed by atoms with Crippen LogP contribution < -0.4 is 5.73 Å². The minimum atomic E-state index is -0.511. The van der Waals surface area contributed by atoms with Gasteiger partial charge in [-0.15, -0.1) is 5.10 Å². The highest BCUT2D eigenvalue weighted by Gasteiger charge is 2.18. The largest absolute Gasteiger partial charge is 0.364 e. The zero-order valence-corrected chi connectivity index (χ0v) is 8.11. The van der Waals surface area contributed by atoms with Gasteiger partial charge in [-0.25, -0.2) is 4.68 Å². The quantitative estimate of drug-likeness (QED) is 0.740. The Morgan fingerprint density at radius 2 is 2.23 bits per heavy atom. The van der Waals surface area contributed by atoms with Gasteiger partial charge in [-0.1, -0.05) is 19.1 Å². The first-order valence-electron chi connectivity index (χ1n) is 4.31. The molecule has 13 heavy (non-hydrogen) atoms. The number of amides is 1. The van der Waals surface area contributed by atoms with Crippen LogP contribution in [-0.4, -0.2) is 20.9 Å². The summed E-state index contributed by atoms with van der Waals surface area (Å²) in [5.74, 6) is -0.305. The topological polar surface area (TPSA) is 73.8 Å². The van der Waals surface area contributed by atoms with Gasteiger partial charge in [-0.2, -0.15) is 0 Å². The zero-order valence-electron chi connectivity index (χ0n) is 8.11. The van der Waals surface area contributed by atoms with Crippen LogP contribution in [0.2, 0.25) is 0 Å². The third-order valence-corrected chi connectivity index (χ3v) is 1.85. The summed E-state index contributed by atoms with van der Waals surface area (Å²) in [5.41, 5.74) is 6.27. The van der Waals surface area contributed by atoms with Crippen LogP contribution in [0, 0.1) is 0 Å². The number of hydrogen-bond acceptors (Lipinski definition) is 3. The Kier molecular flexibility index (Phi) is 2.65. The van der Waals surface area contributed by atoms with Gasteiger partial charge in [0.05, 0.1) is 5.69 Å². The number of carbonyl (C=O) groups is 1. The van der Waals surface area contributed by atoms with Crippen molar-refractivity contribution in [2.45, 2.75) is 33.2 Å². The van der Waals surface area contributed by atoms with Gasteiger partial charge in [0.1, 0.15) is 0 Å². The summed E-state index contributed by atoms with van der Waals surface area (Å²) in [6, 6.07) is 0. The van der Waals surface area contributed by atoms with Crippen molar-refractivity contribution in [1.82, 2.24) is 15.0 Å². The molecule has 0 bridgehead atoms. The van der Waals surface area contributed by atoms with Crippen LogP contribution in [0.1, 0.15) is 42.9 Å². The summed E-state index contributed by atoms with van der Waals surface area (Å²) in [6.07, 6.45) is 0. The number of nitrogens with zero attached hydrogens (tertiary/aromatic N) is 3. The zero-order chi connectivity index (χ0) is 10.0. The van der Waals surface area contributed by atoms with E-state index in [1.807, 2.05) is 20.8 Å². The monoisotopic (exact) mass is 182 g/mol. The van der Waals surface area contributed by atoms with E-state index in [1.54, 1.807) is 4.68 Å². The summed E-state index contributed by atoms with van der Waals surface area (Å²) >= 11 is 0. The lowest BCUT2D eigenvalue weighted by Gasteiger charge is -2.07. The molecule has 0 fully saturated rings. The van der Waals surface area contributed by atoms with Crippen LogP contribution in [-0.2, 0) is 6.54 Å². The number of carbonyl (C=O) groups excluding carboxylic acids is 1. The first-order chi connectivity index (χ1) is 6.07. The van der Waals surface area contributed by atoms with Crippen LogP contribution in [0.15, 0.2) is 0 Å². The first kappa shape index (κ1) is 9.70. The van der Waals surface area contributed by atoms with Crippen molar-refractivity contribution < 1.29 is 4.79 Å². The molecule has 0 aliphatic carbocycles. The highest BCUT2D eigenvalue weighted by atomic mass is 16.1. The third-order valence-electron chi connectivity index (χ3n) is 1.85. The predicted molar refractivity (Wildman–Crippen MR) is 48.3 cm³/mol. The molecular weight excluding hydrogens is 168 g/mol. The molecule has 0 unspecified atom stereocenters. The maximum Gasteiger partial charge on any atom is 0.271 e. The van der Waals surface area contributed by atoms with Gasteiger partial charge in [-0.3, -0.25) is 4.79 Å². The number of nitrogens with two attached hydrogens (primary N) is 1. The molecule has 1 heterocycles. The average molecular weight is 182 g/mol. The van der Waals surface area contributed by atoms with Crippen LogP contribution in [0.25, 0.3) is 0 Å². The number of aromatic nitrogens is 3. The first-order valence-corrected chi connectivity index (χ1v) is 4.31. The highest BCUT2D eigenvalue weighted by Crippen LogP contribution is 2.16. The molecule has 0 aromatic carbocycles. The lowest BCUT2D eigenvalue weighted by atomic mass is 10.1. The summed E-state index contributed by atoms with van der Waals surface area (Å²) in [7, 11) is 0. The Bertz CT molecular complexity index is 316. The average Bonchev–Trinajstić information content (AvgIpc) is 2.46. The molecule has 1 rings (SSSR count). The van der Waals surface area contributed by atoms with Crippen molar-refractivity contribution in [2.24, 2.45) is 5.73 Å². The van der Waals surface area contributed by atoms with Crippen molar-refractivity contribution >= 4 is 5.91 Å². The molecule has 1 aromatic heterocycles. The standard InChI is InChI=1S/C8H14N4O/c1-4-12-7(5(2)3)6(8(9)13)10-11-12/h5H,4H2,1-3H3,(H2,9,13). The van der Waals surface area contributed by atoms with Gasteiger partial charge in [-0.05, 0) is 12.8 Å². The number of hydrogen-bond donors (Lipinski definition) is 1. The maximum absolute atomic E-state index is 11.0. The Hall–Kier alpha value is -1.39. The van der Waals surface area contributed by atoms with Crippen molar-refractivity contribution in [3.05, 3.63) is 11.4 Å². The molecule has 1 amide bonds. The van der Waals surface area contributed by atoms with Gasteiger partial charge in [0.15, 0.2) is 5.69 Å². The Labute approximate surface area is 76.9 Å². The summed E-state index contributed by atoms with van der Waals surface area (Å²) in [5, 5.41) is 7.59. The molecule has 0 saturated carbocycles. The highest BCUT2D eigenvalue weighted by molar-refractivity contribution is 5.91. The Morgan fingerprint density at radius 1 is 1.62 bits per heavy atom. The molecule has 1 aromatic rings. The molecule has 0 radical (unpaired) electrons. The Balaban J connectivity index is 3.22. The SMILES string of the molecule is CCn1nnc(C(N)=O)c1C(C)C. The van der Waals surface area contributed by atoms with E-state index in [0.717, 1.165) is 5.69 Å². The fourth-order valence-corrected chi connectivity index (χ4v) is 1.30. The molecular formula is C8H14N4O. The van der Waals surface area contributed by atoms with E-state index in [-0.39, 0.29) is 11.6 Å². The third kappa shape index (κ3) is 1.68. The van der Waals surface area contributed by atoms with Gasteiger partial charge in [0.25, 0.3) is 5.91 Å². The number of primary amides is 1. The lowest BCUT2D eigenvalue weighted by Crippen LogP contribution is -2.16. The minimum Gasteiger partial charge on any atom is -0.364 e. The second-order valence-electron chi connectivity index (χ2n) is 3.16. The molecule has 5 nitrogen and oxygen atoms in total. The van der Waals surface area contributed by atoms with Crippen molar-refractivity contribution in [3.8, 4) is 0 Å². The van der Waals surface area contributed by atoms with E-state index >= 15 is 0 Å². The smallest absolute Gasteiger partial charge is 0.271 e. The van der Waals surface area contributed by atoms with E-state index in [4.69, 9.17) is 5.73 Å². The molecule has 72 valence electrons. The van der Waals surface area contributed by atoms with E-state index < -0.39 is 5.91 Å². The fourth-order valence-electron chi connectivity index (χ4n) is 1.30. The van der Waals surface area contributed by atoms with E-state index in [9.17, 15) is 4.79 Å². The molecule has 0 saturated heterocycles. The molecule has 0 spiro atoms. The second kappa shape index (κ2) is 3.55. The van der Waals surface area contributed by atoms with Crippen LogP contribution in [0.4, 0.5) is 0 Å². The number of aryl methyl sites for hydroxylation is 1. The van der Waals surface area contributed by atoms with Gasteiger partial charge in [0.2, 0.25) is 0 Å². The molecule has 0 aliphatic rings. The van der Waals surface area contributed by atoms with E-state index in [0.29, 0.717) is 6.54 Å². The molecule has 2 N–H and O–H groups in total. The van der Waals surface area contributed by atoms with Gasteiger partial charge in [0, 0.05) is 6.54 Å². The summed E-state index contributed by atoms with van der Waals surface area (Å²) in [4.78, 5) is 11.0. The summed E-state index contributed by atoms with van der Waals surface area (Å²) < 4.78 is 1.70. The molecule has 0 aliphatic heterocycles. The van der Waals surface area contributed by atoms with Crippen LogP contribution in [0.3, 0.4) is 0 Å². The molecule has 5 heteroatoms. The fraction of sp³-hybridized carbons (Fsp3) is 0.625. The van der Waals surface area contributed by atoms with Gasteiger partial charge < -0.3 is 5.73 Å². The molecule has 0 atom stereocenters. The summed E-state index contributed by atoms with van der Waals surface area (Å²) in [6.45, 7) is 6.62.